The van der Waals surface area contributed by atoms with Gasteiger partial charge in [0, 0.05) is 13.0 Å². The minimum atomic E-state index is -3.94. The highest BCUT2D eigenvalue weighted by atomic mass is 32.2. The summed E-state index contributed by atoms with van der Waals surface area (Å²) >= 11 is 0. The SMILES string of the molecule is CCCCC/C=C\C/C=C\C/C=C\C/C=C\CCCC(=O)NCCCS(=O)(=O)O. The number of nitrogens with one attached hydrogen (secondary N) is 1. The van der Waals surface area contributed by atoms with E-state index < -0.39 is 10.1 Å². The van der Waals surface area contributed by atoms with Gasteiger partial charge in [0.15, 0.2) is 0 Å². The van der Waals surface area contributed by atoms with E-state index in [-0.39, 0.29) is 24.6 Å². The lowest BCUT2D eigenvalue weighted by Crippen LogP contribution is -2.25. The molecule has 0 rings (SSSR count). The van der Waals surface area contributed by atoms with Crippen LogP contribution >= 0.6 is 0 Å². The Morgan fingerprint density at radius 1 is 0.793 bits per heavy atom. The molecule has 0 aliphatic carbocycles. The maximum atomic E-state index is 11.6. The molecule has 6 heteroatoms. The standard InChI is InChI=1S/C23H39NO4S/c1-2-3-4-5-6-7-8-9-10-11-12-13-14-15-16-17-18-20-23(25)24-21-19-22-29(26,27)28/h6-7,9-10,12-13,15-16H,2-5,8,11,14,17-22H2,1H3,(H,24,25)(H,26,27,28)/b7-6-,10-9-,13-12-,16-15-. The van der Waals surface area contributed by atoms with Gasteiger partial charge in [-0.3, -0.25) is 9.35 Å². The first-order valence-corrected chi connectivity index (χ1v) is 12.4. The molecule has 0 heterocycles. The van der Waals surface area contributed by atoms with E-state index in [0.717, 1.165) is 32.1 Å². The zero-order chi connectivity index (χ0) is 21.6. The average molecular weight is 426 g/mol. The number of unbranched alkanes of at least 4 members (excludes halogenated alkanes) is 4. The number of hydrogen-bond donors (Lipinski definition) is 2. The molecule has 0 fully saturated rings. The van der Waals surface area contributed by atoms with Crippen LogP contribution in [0.3, 0.4) is 0 Å². The average Bonchev–Trinajstić information content (AvgIpc) is 2.67. The Hall–Kier alpha value is -1.66. The van der Waals surface area contributed by atoms with Crippen molar-refractivity contribution in [3.8, 4) is 0 Å². The van der Waals surface area contributed by atoms with Crippen molar-refractivity contribution < 1.29 is 17.8 Å². The summed E-state index contributed by atoms with van der Waals surface area (Å²) in [6.07, 6.45) is 27.6. The minimum absolute atomic E-state index is 0.0868. The van der Waals surface area contributed by atoms with Crippen molar-refractivity contribution in [3.63, 3.8) is 0 Å². The first-order valence-electron chi connectivity index (χ1n) is 10.8. The van der Waals surface area contributed by atoms with Gasteiger partial charge in [0.2, 0.25) is 5.91 Å². The molecule has 0 radical (unpaired) electrons. The smallest absolute Gasteiger partial charge is 0.264 e. The van der Waals surface area contributed by atoms with Crippen LogP contribution in [-0.4, -0.2) is 31.2 Å². The van der Waals surface area contributed by atoms with E-state index in [0.29, 0.717) is 6.42 Å². The third kappa shape index (κ3) is 24.3. The van der Waals surface area contributed by atoms with Crippen molar-refractivity contribution in [2.75, 3.05) is 12.3 Å². The van der Waals surface area contributed by atoms with E-state index in [2.05, 4.69) is 60.8 Å². The fraction of sp³-hybridized carbons (Fsp3) is 0.609. The first-order chi connectivity index (χ1) is 14.0. The molecule has 0 aliphatic heterocycles. The van der Waals surface area contributed by atoms with Gasteiger partial charge in [0.05, 0.1) is 5.75 Å². The molecule has 29 heavy (non-hydrogen) atoms. The number of hydrogen-bond acceptors (Lipinski definition) is 3. The molecule has 5 nitrogen and oxygen atoms in total. The number of allylic oxidation sites excluding steroid dienone is 8. The topological polar surface area (TPSA) is 83.5 Å². The van der Waals surface area contributed by atoms with Crippen LogP contribution in [0.5, 0.6) is 0 Å². The van der Waals surface area contributed by atoms with Gasteiger partial charge in [0.1, 0.15) is 0 Å². The monoisotopic (exact) mass is 425 g/mol. The lowest BCUT2D eigenvalue weighted by molar-refractivity contribution is -0.121. The predicted molar refractivity (Wildman–Crippen MR) is 122 cm³/mol. The minimum Gasteiger partial charge on any atom is -0.356 e. The molecule has 0 bridgehead atoms. The van der Waals surface area contributed by atoms with Crippen molar-refractivity contribution in [3.05, 3.63) is 48.6 Å². The largest absolute Gasteiger partial charge is 0.356 e. The molecule has 1 amide bonds. The van der Waals surface area contributed by atoms with Crippen LogP contribution in [0.15, 0.2) is 48.6 Å². The second-order valence-electron chi connectivity index (χ2n) is 6.97. The quantitative estimate of drug-likeness (QED) is 0.172. The van der Waals surface area contributed by atoms with Gasteiger partial charge in [-0.1, -0.05) is 68.4 Å². The number of amides is 1. The summed E-state index contributed by atoms with van der Waals surface area (Å²) in [4.78, 5) is 11.6. The fourth-order valence-electron chi connectivity index (χ4n) is 2.51. The van der Waals surface area contributed by atoms with Crippen molar-refractivity contribution in [1.82, 2.24) is 5.32 Å². The summed E-state index contributed by atoms with van der Waals surface area (Å²) in [6.45, 7) is 2.49. The second-order valence-corrected chi connectivity index (χ2v) is 8.54. The molecule has 0 aromatic heterocycles. The van der Waals surface area contributed by atoms with Crippen molar-refractivity contribution in [1.29, 1.82) is 0 Å². The normalized spacial score (nSPS) is 12.8. The van der Waals surface area contributed by atoms with Gasteiger partial charge in [-0.05, 0) is 51.4 Å². The zero-order valence-corrected chi connectivity index (χ0v) is 18.7. The molecule has 166 valence electrons. The summed E-state index contributed by atoms with van der Waals surface area (Å²) in [5.74, 6) is -0.411. The maximum Gasteiger partial charge on any atom is 0.264 e. The van der Waals surface area contributed by atoms with E-state index in [9.17, 15) is 13.2 Å². The molecule has 2 N–H and O–H groups in total. The Kier molecular flexibility index (Phi) is 18.5. The molecule has 0 aromatic carbocycles. The Bertz CT molecular complexity index is 619. The summed E-state index contributed by atoms with van der Waals surface area (Å²) in [5, 5.41) is 2.65. The Morgan fingerprint density at radius 3 is 1.83 bits per heavy atom. The van der Waals surface area contributed by atoms with Crippen LogP contribution < -0.4 is 5.32 Å². The van der Waals surface area contributed by atoms with E-state index >= 15 is 0 Å². The summed E-state index contributed by atoms with van der Waals surface area (Å²) in [7, 11) is -3.94. The summed E-state index contributed by atoms with van der Waals surface area (Å²) in [5.41, 5.74) is 0. The predicted octanol–water partition coefficient (Wildman–Crippen LogP) is 5.53. The third-order valence-electron chi connectivity index (χ3n) is 4.13. The Balaban J connectivity index is 3.52. The van der Waals surface area contributed by atoms with Crippen LogP contribution in [0.2, 0.25) is 0 Å². The molecule has 0 unspecified atom stereocenters. The second kappa shape index (κ2) is 19.6. The van der Waals surface area contributed by atoms with Gasteiger partial charge in [-0.25, -0.2) is 0 Å². The van der Waals surface area contributed by atoms with Crippen molar-refractivity contribution >= 4 is 16.0 Å². The molecule has 0 saturated heterocycles. The van der Waals surface area contributed by atoms with Crippen LogP contribution in [-0.2, 0) is 14.9 Å². The number of rotatable bonds is 18. The molecule has 0 aromatic rings. The number of carbonyl (C=O) groups excluding carboxylic acids is 1. The molecule has 0 spiro atoms. The molecule has 0 saturated carbocycles. The van der Waals surface area contributed by atoms with Crippen LogP contribution in [0.25, 0.3) is 0 Å². The van der Waals surface area contributed by atoms with Crippen molar-refractivity contribution in [2.24, 2.45) is 0 Å². The van der Waals surface area contributed by atoms with Crippen LogP contribution in [0.4, 0.5) is 0 Å². The highest BCUT2D eigenvalue weighted by Gasteiger charge is 2.04. The van der Waals surface area contributed by atoms with Gasteiger partial charge in [-0.15, -0.1) is 0 Å². The van der Waals surface area contributed by atoms with E-state index in [1.807, 2.05) is 0 Å². The van der Waals surface area contributed by atoms with E-state index in [1.165, 1.54) is 25.7 Å². The van der Waals surface area contributed by atoms with Gasteiger partial charge in [-0.2, -0.15) is 8.42 Å². The van der Waals surface area contributed by atoms with E-state index in [4.69, 9.17) is 4.55 Å². The maximum absolute atomic E-state index is 11.6. The highest BCUT2D eigenvalue weighted by molar-refractivity contribution is 7.85. The van der Waals surface area contributed by atoms with Gasteiger partial charge < -0.3 is 5.32 Å². The number of carbonyl (C=O) groups is 1. The zero-order valence-electron chi connectivity index (χ0n) is 17.9. The third-order valence-corrected chi connectivity index (χ3v) is 4.94. The lowest BCUT2D eigenvalue weighted by atomic mass is 10.2. The van der Waals surface area contributed by atoms with Crippen LogP contribution in [0, 0.1) is 0 Å². The summed E-state index contributed by atoms with van der Waals surface area (Å²) < 4.78 is 29.7. The highest BCUT2D eigenvalue weighted by Crippen LogP contribution is 2.01. The molecular weight excluding hydrogens is 386 g/mol. The molecule has 0 atom stereocenters. The van der Waals surface area contributed by atoms with Crippen molar-refractivity contribution in [2.45, 2.75) is 77.6 Å². The molecule has 0 aliphatic rings. The van der Waals surface area contributed by atoms with Gasteiger partial charge >= 0.3 is 0 Å². The lowest BCUT2D eigenvalue weighted by Gasteiger charge is -2.03. The van der Waals surface area contributed by atoms with Gasteiger partial charge in [0.25, 0.3) is 10.1 Å². The first kappa shape index (κ1) is 27.3. The molecular formula is C23H39NO4S. The fourth-order valence-corrected chi connectivity index (χ4v) is 3.02. The summed E-state index contributed by atoms with van der Waals surface area (Å²) in [6, 6.07) is 0. The van der Waals surface area contributed by atoms with E-state index in [1.54, 1.807) is 0 Å². The Labute approximate surface area is 177 Å². The Morgan fingerprint density at radius 2 is 1.31 bits per heavy atom. The van der Waals surface area contributed by atoms with Crippen LogP contribution in [0.1, 0.15) is 77.6 Å².